The van der Waals surface area contributed by atoms with E-state index in [-0.39, 0.29) is 12.4 Å². The maximum Gasteiger partial charge on any atom is 0.148 e. The lowest BCUT2D eigenvalue weighted by molar-refractivity contribution is 0.0648. The van der Waals surface area contributed by atoms with Crippen molar-refractivity contribution in [3.05, 3.63) is 66.1 Å². The van der Waals surface area contributed by atoms with Crippen molar-refractivity contribution < 1.29 is 19.3 Å². The van der Waals surface area contributed by atoms with E-state index < -0.39 is 6.10 Å². The molecule has 3 rings (SSSR count). The second-order valence-corrected chi connectivity index (χ2v) is 6.66. The summed E-state index contributed by atoms with van der Waals surface area (Å²) in [6.45, 7) is 0.487. The van der Waals surface area contributed by atoms with E-state index in [1.54, 1.807) is 31.5 Å². The average Bonchev–Trinajstić information content (AvgIpc) is 3.11. The fourth-order valence-corrected chi connectivity index (χ4v) is 3.05. The van der Waals surface area contributed by atoms with E-state index in [0.717, 1.165) is 22.6 Å². The molecule has 0 saturated carbocycles. The van der Waals surface area contributed by atoms with Gasteiger partial charge in [0.05, 0.1) is 25.5 Å². The SMILES string of the molecule is COc1ccc(-c2nn(-c3ccccc3F)cc2CN(C)C[C@@H](O)CO)cc1. The molecule has 0 aliphatic carbocycles. The summed E-state index contributed by atoms with van der Waals surface area (Å²) in [6, 6.07) is 14.0. The number of nitrogens with zero attached hydrogens (tertiary/aromatic N) is 3. The Morgan fingerprint density at radius 1 is 1.18 bits per heavy atom. The van der Waals surface area contributed by atoms with Crippen molar-refractivity contribution in [3.8, 4) is 22.7 Å². The minimum atomic E-state index is -0.823. The molecule has 0 saturated heterocycles. The molecule has 0 unspecified atom stereocenters. The van der Waals surface area contributed by atoms with Crippen LogP contribution >= 0.6 is 0 Å². The largest absolute Gasteiger partial charge is 0.497 e. The third kappa shape index (κ3) is 4.56. The van der Waals surface area contributed by atoms with Crippen molar-refractivity contribution in [2.75, 3.05) is 27.3 Å². The topological polar surface area (TPSA) is 70.8 Å². The molecule has 2 N–H and O–H groups in total. The molecule has 1 atom stereocenters. The van der Waals surface area contributed by atoms with Crippen molar-refractivity contribution in [1.29, 1.82) is 0 Å². The van der Waals surface area contributed by atoms with Crippen LogP contribution in [0.15, 0.2) is 54.7 Å². The number of benzene rings is 2. The zero-order valence-corrected chi connectivity index (χ0v) is 15.9. The van der Waals surface area contributed by atoms with E-state index in [4.69, 9.17) is 9.84 Å². The van der Waals surface area contributed by atoms with E-state index in [1.807, 2.05) is 36.2 Å². The van der Waals surface area contributed by atoms with Gasteiger partial charge in [-0.1, -0.05) is 12.1 Å². The number of aromatic nitrogens is 2. The van der Waals surface area contributed by atoms with Crippen LogP contribution in [-0.2, 0) is 6.54 Å². The number of aliphatic hydroxyl groups is 2. The Balaban J connectivity index is 1.98. The van der Waals surface area contributed by atoms with Gasteiger partial charge in [0.25, 0.3) is 0 Å². The van der Waals surface area contributed by atoms with Crippen molar-refractivity contribution >= 4 is 0 Å². The lowest BCUT2D eigenvalue weighted by Crippen LogP contribution is -2.31. The second-order valence-electron chi connectivity index (χ2n) is 6.66. The Morgan fingerprint density at radius 3 is 2.54 bits per heavy atom. The molecule has 0 bridgehead atoms. The quantitative estimate of drug-likeness (QED) is 0.623. The monoisotopic (exact) mass is 385 g/mol. The Hall–Kier alpha value is -2.74. The minimum absolute atomic E-state index is 0.301. The Morgan fingerprint density at radius 2 is 1.89 bits per heavy atom. The van der Waals surface area contributed by atoms with Gasteiger partial charge in [-0.25, -0.2) is 9.07 Å². The molecule has 28 heavy (non-hydrogen) atoms. The summed E-state index contributed by atoms with van der Waals surface area (Å²) in [5.41, 5.74) is 2.83. The van der Waals surface area contributed by atoms with Crippen LogP contribution in [0.4, 0.5) is 4.39 Å². The van der Waals surface area contributed by atoms with Crippen molar-refractivity contribution in [2.24, 2.45) is 0 Å². The smallest absolute Gasteiger partial charge is 0.148 e. The summed E-state index contributed by atoms with van der Waals surface area (Å²) in [5.74, 6) is 0.379. The number of hydrogen-bond acceptors (Lipinski definition) is 5. The summed E-state index contributed by atoms with van der Waals surface area (Å²) < 4.78 is 21.0. The highest BCUT2D eigenvalue weighted by atomic mass is 19.1. The van der Waals surface area contributed by atoms with E-state index >= 15 is 0 Å². The fraction of sp³-hybridized carbons (Fsp3) is 0.286. The molecule has 0 aliphatic rings. The number of aliphatic hydroxyl groups excluding tert-OH is 2. The molecule has 1 heterocycles. The number of ether oxygens (including phenoxy) is 1. The number of likely N-dealkylation sites (N-methyl/N-ethyl adjacent to an activating group) is 1. The van der Waals surface area contributed by atoms with Crippen LogP contribution < -0.4 is 4.74 Å². The number of methoxy groups -OCH3 is 1. The van der Waals surface area contributed by atoms with Gasteiger partial charge in [-0.2, -0.15) is 5.10 Å². The third-order valence-electron chi connectivity index (χ3n) is 4.43. The summed E-state index contributed by atoms with van der Waals surface area (Å²) in [6.07, 6.45) is 0.968. The van der Waals surface area contributed by atoms with Crippen LogP contribution in [0.25, 0.3) is 16.9 Å². The van der Waals surface area contributed by atoms with Crippen LogP contribution in [0, 0.1) is 5.82 Å². The summed E-state index contributed by atoms with van der Waals surface area (Å²) in [7, 11) is 3.45. The molecule has 6 nitrogen and oxygen atoms in total. The van der Waals surface area contributed by atoms with Gasteiger partial charge in [-0.3, -0.25) is 4.90 Å². The molecular weight excluding hydrogens is 361 g/mol. The lowest BCUT2D eigenvalue weighted by Gasteiger charge is -2.19. The van der Waals surface area contributed by atoms with Crippen LogP contribution in [0.3, 0.4) is 0 Å². The molecular formula is C21H24FN3O3. The summed E-state index contributed by atoms with van der Waals surface area (Å²) >= 11 is 0. The Kier molecular flexibility index (Phi) is 6.41. The highest BCUT2D eigenvalue weighted by Gasteiger charge is 2.17. The van der Waals surface area contributed by atoms with Crippen LogP contribution in [0.5, 0.6) is 5.75 Å². The van der Waals surface area contributed by atoms with Gasteiger partial charge >= 0.3 is 0 Å². The Bertz CT molecular complexity index is 912. The summed E-state index contributed by atoms with van der Waals surface area (Å²) in [4.78, 5) is 1.89. The molecule has 1 aromatic heterocycles. The first kappa shape index (κ1) is 20.0. The van der Waals surface area contributed by atoms with Crippen LogP contribution in [-0.4, -0.2) is 58.3 Å². The predicted molar refractivity (Wildman–Crippen MR) is 105 cm³/mol. The normalized spacial score (nSPS) is 12.4. The van der Waals surface area contributed by atoms with E-state index in [1.165, 1.54) is 10.7 Å². The average molecular weight is 385 g/mol. The first-order chi connectivity index (χ1) is 13.5. The number of hydrogen-bond donors (Lipinski definition) is 2. The van der Waals surface area contributed by atoms with Gasteiger partial charge < -0.3 is 14.9 Å². The Labute approximate surface area is 163 Å². The zero-order valence-electron chi connectivity index (χ0n) is 15.9. The minimum Gasteiger partial charge on any atom is -0.497 e. The molecule has 148 valence electrons. The van der Waals surface area contributed by atoms with Gasteiger partial charge in [0.1, 0.15) is 17.3 Å². The van der Waals surface area contributed by atoms with Crippen LogP contribution in [0.2, 0.25) is 0 Å². The van der Waals surface area contributed by atoms with Gasteiger partial charge in [0.15, 0.2) is 0 Å². The van der Waals surface area contributed by atoms with Gasteiger partial charge in [-0.05, 0) is 43.4 Å². The van der Waals surface area contributed by atoms with Gasteiger partial charge in [0.2, 0.25) is 0 Å². The zero-order chi connectivity index (χ0) is 20.1. The maximum absolute atomic E-state index is 14.2. The third-order valence-corrected chi connectivity index (χ3v) is 4.43. The standard InChI is InChI=1S/C21H24FN3O3/c1-24(13-17(27)14-26)11-16-12-25(20-6-4-3-5-19(20)22)23-21(16)15-7-9-18(28-2)10-8-15/h3-10,12,17,26-27H,11,13-14H2,1-2H3/t17-/m1/s1. The van der Waals surface area contributed by atoms with Crippen molar-refractivity contribution in [1.82, 2.24) is 14.7 Å². The van der Waals surface area contributed by atoms with Crippen molar-refractivity contribution in [3.63, 3.8) is 0 Å². The first-order valence-corrected chi connectivity index (χ1v) is 8.97. The molecule has 3 aromatic rings. The molecule has 0 aliphatic heterocycles. The van der Waals surface area contributed by atoms with Gasteiger partial charge in [-0.15, -0.1) is 0 Å². The lowest BCUT2D eigenvalue weighted by atomic mass is 10.1. The van der Waals surface area contributed by atoms with E-state index in [9.17, 15) is 9.50 Å². The maximum atomic E-state index is 14.2. The number of para-hydroxylation sites is 1. The molecule has 0 radical (unpaired) electrons. The highest BCUT2D eigenvalue weighted by Crippen LogP contribution is 2.27. The fourth-order valence-electron chi connectivity index (χ4n) is 3.05. The highest BCUT2D eigenvalue weighted by molar-refractivity contribution is 5.64. The number of halogens is 1. The van der Waals surface area contributed by atoms with E-state index in [2.05, 4.69) is 5.10 Å². The molecule has 0 spiro atoms. The molecule has 0 fully saturated rings. The second kappa shape index (κ2) is 8.97. The van der Waals surface area contributed by atoms with Crippen LogP contribution in [0.1, 0.15) is 5.56 Å². The van der Waals surface area contributed by atoms with E-state index in [0.29, 0.717) is 18.8 Å². The van der Waals surface area contributed by atoms with Crippen molar-refractivity contribution in [2.45, 2.75) is 12.6 Å². The predicted octanol–water partition coefficient (Wildman–Crippen LogP) is 2.47. The molecule has 7 heteroatoms. The molecule has 0 amide bonds. The summed E-state index contributed by atoms with van der Waals surface area (Å²) in [5, 5.41) is 23.4. The number of rotatable bonds is 8. The first-order valence-electron chi connectivity index (χ1n) is 8.97. The molecule has 2 aromatic carbocycles. The van der Waals surface area contributed by atoms with Gasteiger partial charge in [0, 0.05) is 30.4 Å².